The van der Waals surface area contributed by atoms with Crippen LogP contribution in [0.2, 0.25) is 0 Å². The van der Waals surface area contributed by atoms with Crippen molar-refractivity contribution in [1.29, 1.82) is 0 Å². The number of carbonyl (C=O) groups excluding carboxylic acids is 1. The lowest BCUT2D eigenvalue weighted by Crippen LogP contribution is -2.42. The number of amides is 1. The molecular formula is C15H24Cl2N4OS2. The number of hydrogen-bond donors (Lipinski definition) is 1. The molecule has 3 rings (SSSR count). The van der Waals surface area contributed by atoms with E-state index in [0.717, 1.165) is 45.5 Å². The number of likely N-dealkylation sites (tertiary alicyclic amines) is 1. The Morgan fingerprint density at radius 1 is 1.33 bits per heavy atom. The van der Waals surface area contributed by atoms with Crippen LogP contribution in [0.25, 0.3) is 9.53 Å². The van der Waals surface area contributed by atoms with Gasteiger partial charge >= 0.3 is 0 Å². The maximum Gasteiger partial charge on any atom is 0.264 e. The summed E-state index contributed by atoms with van der Waals surface area (Å²) in [6, 6.07) is 2.21. The number of carbonyl (C=O) groups is 1. The van der Waals surface area contributed by atoms with Gasteiger partial charge in [-0.25, -0.2) is 4.98 Å². The molecule has 1 aliphatic rings. The number of thiophene rings is 1. The van der Waals surface area contributed by atoms with Gasteiger partial charge in [0.25, 0.3) is 5.91 Å². The number of rotatable bonds is 3. The van der Waals surface area contributed by atoms with Gasteiger partial charge in [-0.05, 0) is 31.7 Å². The highest BCUT2D eigenvalue weighted by molar-refractivity contribution is 7.29. The largest absolute Gasteiger partial charge is 0.354 e. The van der Waals surface area contributed by atoms with Crippen LogP contribution >= 0.6 is 47.5 Å². The third-order valence-corrected chi connectivity index (χ3v) is 6.56. The molecule has 0 aliphatic carbocycles. The molecule has 1 aliphatic heterocycles. The van der Waals surface area contributed by atoms with Gasteiger partial charge in [0, 0.05) is 33.2 Å². The van der Waals surface area contributed by atoms with E-state index in [0.29, 0.717) is 5.92 Å². The Hall–Kier alpha value is -0.600. The number of fused-ring (bicyclic) bond motifs is 1. The lowest BCUT2D eigenvalue weighted by molar-refractivity contribution is 0.0686. The quantitative estimate of drug-likeness (QED) is 0.840. The molecule has 24 heavy (non-hydrogen) atoms. The molecule has 2 aromatic rings. The standard InChI is InChI=1S/C15H22N4OS2.2ClH/c1-9(16)10-4-6-19(7-5-10)14(20)12-8-11-13(21-12)17-15(22-11)18(2)3;;/h8-10H,4-7,16H2,1-3H3;2*1H. The molecule has 0 aromatic carbocycles. The second kappa shape index (κ2) is 8.67. The Labute approximate surface area is 163 Å². The molecule has 1 amide bonds. The van der Waals surface area contributed by atoms with Gasteiger partial charge in [0.1, 0.15) is 4.83 Å². The van der Waals surface area contributed by atoms with Crippen molar-refractivity contribution in [1.82, 2.24) is 9.88 Å². The van der Waals surface area contributed by atoms with Crippen molar-refractivity contribution in [3.63, 3.8) is 0 Å². The van der Waals surface area contributed by atoms with Crippen LogP contribution in [0, 0.1) is 5.92 Å². The third-order valence-electron chi connectivity index (χ3n) is 4.24. The average Bonchev–Trinajstić information content (AvgIpc) is 3.05. The highest BCUT2D eigenvalue weighted by Gasteiger charge is 2.26. The molecule has 2 N–H and O–H groups in total. The number of thiazole rings is 1. The van der Waals surface area contributed by atoms with Gasteiger partial charge in [-0.15, -0.1) is 36.2 Å². The summed E-state index contributed by atoms with van der Waals surface area (Å²) in [5.74, 6) is 0.685. The minimum atomic E-state index is 0. The van der Waals surface area contributed by atoms with Gasteiger partial charge in [0.2, 0.25) is 0 Å². The lowest BCUT2D eigenvalue weighted by Gasteiger charge is -2.33. The van der Waals surface area contributed by atoms with Crippen molar-refractivity contribution in [2.24, 2.45) is 11.7 Å². The molecule has 1 fully saturated rings. The third kappa shape index (κ3) is 4.32. The van der Waals surface area contributed by atoms with E-state index in [9.17, 15) is 4.79 Å². The van der Waals surface area contributed by atoms with Crippen molar-refractivity contribution in [3.8, 4) is 0 Å². The van der Waals surface area contributed by atoms with Crippen LogP contribution < -0.4 is 10.6 Å². The molecule has 3 heterocycles. The summed E-state index contributed by atoms with van der Waals surface area (Å²) in [5.41, 5.74) is 5.96. The van der Waals surface area contributed by atoms with Crippen molar-refractivity contribution >= 4 is 68.1 Å². The number of halogens is 2. The Balaban J connectivity index is 0.00000144. The van der Waals surface area contributed by atoms with Crippen molar-refractivity contribution in [2.75, 3.05) is 32.1 Å². The molecule has 0 bridgehead atoms. The van der Waals surface area contributed by atoms with E-state index in [1.165, 1.54) is 11.3 Å². The van der Waals surface area contributed by atoms with Crippen LogP contribution in [-0.2, 0) is 0 Å². The first-order valence-electron chi connectivity index (χ1n) is 7.58. The van der Waals surface area contributed by atoms with Crippen molar-refractivity contribution < 1.29 is 4.79 Å². The Morgan fingerprint density at radius 2 is 1.96 bits per heavy atom. The molecule has 9 heteroatoms. The summed E-state index contributed by atoms with van der Waals surface area (Å²) in [4.78, 5) is 22.9. The van der Waals surface area contributed by atoms with E-state index < -0.39 is 0 Å². The number of hydrogen-bond acceptors (Lipinski definition) is 6. The van der Waals surface area contributed by atoms with Crippen molar-refractivity contribution in [3.05, 3.63) is 10.9 Å². The summed E-state index contributed by atoms with van der Waals surface area (Å²) in [7, 11) is 3.97. The number of nitrogens with two attached hydrogens (primary N) is 1. The fraction of sp³-hybridized carbons (Fsp3) is 0.600. The molecule has 0 spiro atoms. The summed E-state index contributed by atoms with van der Waals surface area (Å²) in [6.07, 6.45) is 2.01. The fourth-order valence-electron chi connectivity index (χ4n) is 2.80. The second-order valence-corrected chi connectivity index (χ2v) is 8.20. The highest BCUT2D eigenvalue weighted by Crippen LogP contribution is 2.34. The van der Waals surface area contributed by atoms with E-state index in [4.69, 9.17) is 5.73 Å². The predicted molar refractivity (Wildman–Crippen MR) is 109 cm³/mol. The minimum absolute atomic E-state index is 0. The molecule has 1 saturated heterocycles. The maximum absolute atomic E-state index is 12.6. The van der Waals surface area contributed by atoms with E-state index in [2.05, 4.69) is 11.9 Å². The highest BCUT2D eigenvalue weighted by atomic mass is 35.5. The van der Waals surface area contributed by atoms with Gasteiger partial charge in [-0.2, -0.15) is 0 Å². The topological polar surface area (TPSA) is 62.5 Å². The van der Waals surface area contributed by atoms with Gasteiger partial charge < -0.3 is 15.5 Å². The van der Waals surface area contributed by atoms with Crippen LogP contribution in [0.5, 0.6) is 0 Å². The second-order valence-electron chi connectivity index (χ2n) is 6.16. The summed E-state index contributed by atoms with van der Waals surface area (Å²) in [5, 5.41) is 0.984. The maximum atomic E-state index is 12.6. The van der Waals surface area contributed by atoms with Gasteiger partial charge in [0.05, 0.1) is 9.58 Å². The van der Waals surface area contributed by atoms with E-state index >= 15 is 0 Å². The van der Waals surface area contributed by atoms with E-state index in [1.54, 1.807) is 11.3 Å². The lowest BCUT2D eigenvalue weighted by atomic mass is 9.91. The summed E-state index contributed by atoms with van der Waals surface area (Å²) in [6.45, 7) is 3.68. The first-order valence-corrected chi connectivity index (χ1v) is 9.21. The number of aromatic nitrogens is 1. The zero-order chi connectivity index (χ0) is 15.9. The molecule has 1 atom stereocenters. The monoisotopic (exact) mass is 410 g/mol. The van der Waals surface area contributed by atoms with Crippen LogP contribution in [0.15, 0.2) is 6.07 Å². The minimum Gasteiger partial charge on any atom is -0.354 e. The van der Waals surface area contributed by atoms with Crippen LogP contribution in [0.4, 0.5) is 5.13 Å². The molecule has 2 aromatic heterocycles. The predicted octanol–water partition coefficient (Wildman–Crippen LogP) is 3.47. The molecule has 1 unspecified atom stereocenters. The molecule has 136 valence electrons. The van der Waals surface area contributed by atoms with E-state index in [1.807, 2.05) is 30.0 Å². The van der Waals surface area contributed by atoms with E-state index in [-0.39, 0.29) is 36.8 Å². The van der Waals surface area contributed by atoms with Crippen LogP contribution in [-0.4, -0.2) is 49.0 Å². The van der Waals surface area contributed by atoms with Crippen LogP contribution in [0.1, 0.15) is 29.4 Å². The zero-order valence-electron chi connectivity index (χ0n) is 14.0. The Kier molecular flexibility index (Phi) is 7.75. The van der Waals surface area contributed by atoms with Crippen LogP contribution in [0.3, 0.4) is 0 Å². The smallest absolute Gasteiger partial charge is 0.264 e. The zero-order valence-corrected chi connectivity index (χ0v) is 17.3. The number of piperidine rings is 1. The average molecular weight is 411 g/mol. The number of anilines is 1. The van der Waals surface area contributed by atoms with Gasteiger partial charge in [-0.3, -0.25) is 4.79 Å². The summed E-state index contributed by atoms with van der Waals surface area (Å²) < 4.78 is 1.10. The first-order chi connectivity index (χ1) is 10.5. The normalized spacial score (nSPS) is 16.4. The molecule has 5 nitrogen and oxygen atoms in total. The van der Waals surface area contributed by atoms with Gasteiger partial charge in [-0.1, -0.05) is 11.3 Å². The molecular weight excluding hydrogens is 387 g/mol. The SMILES string of the molecule is CC(N)C1CCN(C(=O)c2cc3sc(N(C)C)nc3s2)CC1.Cl.Cl. The number of nitrogens with zero attached hydrogens (tertiary/aromatic N) is 3. The molecule has 0 radical (unpaired) electrons. The van der Waals surface area contributed by atoms with Gasteiger partial charge in [0.15, 0.2) is 5.13 Å². The Morgan fingerprint density at radius 3 is 2.46 bits per heavy atom. The Bertz CT molecular complexity index is 647. The summed E-state index contributed by atoms with van der Waals surface area (Å²) >= 11 is 3.13. The first kappa shape index (κ1) is 21.4. The molecule has 0 saturated carbocycles. The van der Waals surface area contributed by atoms with Crippen molar-refractivity contribution in [2.45, 2.75) is 25.8 Å². The fourth-order valence-corrected chi connectivity index (χ4v) is 4.91.